The summed E-state index contributed by atoms with van der Waals surface area (Å²) < 4.78 is 0. The van der Waals surface area contributed by atoms with E-state index in [1.165, 1.54) is 0 Å². The van der Waals surface area contributed by atoms with Gasteiger partial charge in [-0.3, -0.25) is 9.59 Å². The largest absolute Gasteiger partial charge is 0.326 e. The number of amides is 2. The van der Waals surface area contributed by atoms with E-state index in [2.05, 4.69) is 5.32 Å². The molecule has 0 aromatic heterocycles. The maximum Gasteiger partial charge on any atom is 0.229 e. The topological polar surface area (TPSA) is 49.4 Å². The number of nitrogens with zero attached hydrogens (tertiary/aromatic N) is 1. The number of hydrogen-bond acceptors (Lipinski definition) is 2. The summed E-state index contributed by atoms with van der Waals surface area (Å²) in [5.41, 5.74) is 3.80. The first-order chi connectivity index (χ1) is 11.0. The molecule has 0 saturated carbocycles. The average Bonchev–Trinajstić information content (AvgIpc) is 2.90. The van der Waals surface area contributed by atoms with Gasteiger partial charge in [0.1, 0.15) is 0 Å². The van der Waals surface area contributed by atoms with Gasteiger partial charge in [-0.05, 0) is 43.2 Å². The molecule has 0 radical (unpaired) electrons. The molecule has 1 heterocycles. The summed E-state index contributed by atoms with van der Waals surface area (Å²) in [5.74, 6) is -0.411. The monoisotopic (exact) mass is 308 g/mol. The van der Waals surface area contributed by atoms with E-state index >= 15 is 0 Å². The SMILES string of the molecule is Cc1cccc(NC(=O)[C@@H]2CC(=O)N(c3ccccc3C)C2)c1. The molecular formula is C19H20N2O2. The van der Waals surface area contributed by atoms with Crippen molar-refractivity contribution in [3.8, 4) is 0 Å². The van der Waals surface area contributed by atoms with Gasteiger partial charge in [-0.1, -0.05) is 30.3 Å². The fourth-order valence-electron chi connectivity index (χ4n) is 2.95. The second-order valence-corrected chi connectivity index (χ2v) is 6.05. The Bertz CT molecular complexity index is 755. The van der Waals surface area contributed by atoms with E-state index in [1.807, 2.05) is 62.4 Å². The molecule has 23 heavy (non-hydrogen) atoms. The zero-order valence-electron chi connectivity index (χ0n) is 13.4. The lowest BCUT2D eigenvalue weighted by Crippen LogP contribution is -2.28. The highest BCUT2D eigenvalue weighted by Gasteiger charge is 2.35. The first-order valence-electron chi connectivity index (χ1n) is 7.78. The van der Waals surface area contributed by atoms with Crippen LogP contribution >= 0.6 is 0 Å². The Morgan fingerprint density at radius 1 is 1.13 bits per heavy atom. The van der Waals surface area contributed by atoms with Crippen molar-refractivity contribution in [3.63, 3.8) is 0 Å². The third kappa shape index (κ3) is 3.26. The summed E-state index contributed by atoms with van der Waals surface area (Å²) in [7, 11) is 0. The molecule has 2 aromatic carbocycles. The van der Waals surface area contributed by atoms with Crippen LogP contribution in [-0.2, 0) is 9.59 Å². The van der Waals surface area contributed by atoms with Gasteiger partial charge >= 0.3 is 0 Å². The van der Waals surface area contributed by atoms with Crippen LogP contribution in [0.3, 0.4) is 0 Å². The number of hydrogen-bond donors (Lipinski definition) is 1. The summed E-state index contributed by atoms with van der Waals surface area (Å²) in [6.45, 7) is 4.39. The smallest absolute Gasteiger partial charge is 0.229 e. The number of nitrogens with one attached hydrogen (secondary N) is 1. The van der Waals surface area contributed by atoms with E-state index in [1.54, 1.807) is 4.90 Å². The molecule has 3 rings (SSSR count). The van der Waals surface area contributed by atoms with Crippen LogP contribution in [-0.4, -0.2) is 18.4 Å². The van der Waals surface area contributed by atoms with Gasteiger partial charge in [-0.25, -0.2) is 0 Å². The Labute approximate surface area is 136 Å². The Morgan fingerprint density at radius 3 is 2.65 bits per heavy atom. The third-order valence-corrected chi connectivity index (χ3v) is 4.19. The van der Waals surface area contributed by atoms with Gasteiger partial charge in [-0.15, -0.1) is 0 Å². The molecule has 0 unspecified atom stereocenters. The highest BCUT2D eigenvalue weighted by atomic mass is 16.2. The number of carbonyl (C=O) groups excluding carboxylic acids is 2. The zero-order valence-corrected chi connectivity index (χ0v) is 13.4. The molecule has 1 aliphatic heterocycles. The molecule has 1 saturated heterocycles. The van der Waals surface area contributed by atoms with Gasteiger partial charge in [0, 0.05) is 24.3 Å². The molecular weight excluding hydrogens is 288 g/mol. The third-order valence-electron chi connectivity index (χ3n) is 4.19. The maximum absolute atomic E-state index is 12.4. The normalized spacial score (nSPS) is 17.4. The van der Waals surface area contributed by atoms with E-state index in [-0.39, 0.29) is 24.2 Å². The predicted octanol–water partition coefficient (Wildman–Crippen LogP) is 3.30. The molecule has 1 fully saturated rings. The van der Waals surface area contributed by atoms with Crippen molar-refractivity contribution in [2.24, 2.45) is 5.92 Å². The summed E-state index contributed by atoms with van der Waals surface area (Å²) in [5, 5.41) is 2.91. The summed E-state index contributed by atoms with van der Waals surface area (Å²) in [6.07, 6.45) is 0.256. The van der Waals surface area contributed by atoms with Crippen LogP contribution in [0.15, 0.2) is 48.5 Å². The van der Waals surface area contributed by atoms with Crippen molar-refractivity contribution in [2.75, 3.05) is 16.8 Å². The van der Waals surface area contributed by atoms with Gasteiger partial charge in [-0.2, -0.15) is 0 Å². The molecule has 0 bridgehead atoms. The summed E-state index contributed by atoms with van der Waals surface area (Å²) >= 11 is 0. The van der Waals surface area contributed by atoms with E-state index < -0.39 is 0 Å². The van der Waals surface area contributed by atoms with E-state index in [9.17, 15) is 9.59 Å². The van der Waals surface area contributed by atoms with Gasteiger partial charge in [0.2, 0.25) is 11.8 Å². The van der Waals surface area contributed by atoms with Crippen LogP contribution in [0.25, 0.3) is 0 Å². The van der Waals surface area contributed by atoms with Crippen LogP contribution < -0.4 is 10.2 Å². The summed E-state index contributed by atoms with van der Waals surface area (Å²) in [6, 6.07) is 15.4. The zero-order chi connectivity index (χ0) is 16.4. The number of carbonyl (C=O) groups is 2. The molecule has 1 aliphatic rings. The Hall–Kier alpha value is -2.62. The highest BCUT2D eigenvalue weighted by molar-refractivity contribution is 6.03. The second kappa shape index (κ2) is 6.24. The van der Waals surface area contributed by atoms with Crippen LogP contribution in [0.2, 0.25) is 0 Å². The van der Waals surface area contributed by atoms with E-state index in [0.717, 1.165) is 22.5 Å². The van der Waals surface area contributed by atoms with Crippen molar-refractivity contribution >= 4 is 23.2 Å². The molecule has 0 spiro atoms. The molecule has 2 aromatic rings. The number of anilines is 2. The molecule has 2 amide bonds. The second-order valence-electron chi connectivity index (χ2n) is 6.05. The predicted molar refractivity (Wildman–Crippen MR) is 91.4 cm³/mol. The van der Waals surface area contributed by atoms with E-state index in [4.69, 9.17) is 0 Å². The molecule has 1 N–H and O–H groups in total. The molecule has 0 aliphatic carbocycles. The molecule has 1 atom stereocenters. The molecule has 4 nitrogen and oxygen atoms in total. The van der Waals surface area contributed by atoms with Crippen LogP contribution in [0.1, 0.15) is 17.5 Å². The van der Waals surface area contributed by atoms with Gasteiger partial charge in [0.15, 0.2) is 0 Å². The summed E-state index contributed by atoms with van der Waals surface area (Å²) in [4.78, 5) is 26.5. The van der Waals surface area contributed by atoms with Crippen molar-refractivity contribution in [2.45, 2.75) is 20.3 Å². The lowest BCUT2D eigenvalue weighted by molar-refractivity contribution is -0.122. The van der Waals surface area contributed by atoms with Crippen LogP contribution in [0.4, 0.5) is 11.4 Å². The lowest BCUT2D eigenvalue weighted by atomic mass is 10.1. The van der Waals surface area contributed by atoms with Gasteiger partial charge < -0.3 is 10.2 Å². The number of benzene rings is 2. The maximum atomic E-state index is 12.4. The first kappa shape index (κ1) is 15.3. The van der Waals surface area contributed by atoms with Crippen molar-refractivity contribution in [1.82, 2.24) is 0 Å². The fraction of sp³-hybridized carbons (Fsp3) is 0.263. The van der Waals surface area contributed by atoms with Gasteiger partial charge in [0.25, 0.3) is 0 Å². The first-order valence-corrected chi connectivity index (χ1v) is 7.78. The average molecular weight is 308 g/mol. The quantitative estimate of drug-likeness (QED) is 0.946. The standard InChI is InChI=1S/C19H20N2O2/c1-13-6-5-8-16(10-13)20-19(23)15-11-18(22)21(12-15)17-9-4-3-7-14(17)2/h3-10,15H,11-12H2,1-2H3,(H,20,23)/t15-/m1/s1. The molecule has 118 valence electrons. The van der Waals surface area contributed by atoms with Crippen molar-refractivity contribution in [1.29, 1.82) is 0 Å². The highest BCUT2D eigenvalue weighted by Crippen LogP contribution is 2.28. The van der Waals surface area contributed by atoms with Crippen LogP contribution in [0.5, 0.6) is 0 Å². The van der Waals surface area contributed by atoms with Crippen LogP contribution in [0, 0.1) is 19.8 Å². The van der Waals surface area contributed by atoms with E-state index in [0.29, 0.717) is 6.54 Å². The minimum atomic E-state index is -0.317. The molecule has 4 heteroatoms. The number of para-hydroxylation sites is 1. The minimum Gasteiger partial charge on any atom is -0.326 e. The Kier molecular flexibility index (Phi) is 4.15. The minimum absolute atomic E-state index is 0.00342. The Balaban J connectivity index is 1.72. The van der Waals surface area contributed by atoms with Gasteiger partial charge in [0.05, 0.1) is 5.92 Å². The van der Waals surface area contributed by atoms with Crippen molar-refractivity contribution in [3.05, 3.63) is 59.7 Å². The Morgan fingerprint density at radius 2 is 1.91 bits per heavy atom. The fourth-order valence-corrected chi connectivity index (χ4v) is 2.95. The number of aryl methyl sites for hydroxylation is 2. The lowest BCUT2D eigenvalue weighted by Gasteiger charge is -2.19. The van der Waals surface area contributed by atoms with Crippen molar-refractivity contribution < 1.29 is 9.59 Å². The number of rotatable bonds is 3.